The summed E-state index contributed by atoms with van der Waals surface area (Å²) in [6.45, 7) is 2.26. The van der Waals surface area contributed by atoms with E-state index in [0.717, 1.165) is 0 Å². The van der Waals surface area contributed by atoms with Gasteiger partial charge in [0.15, 0.2) is 0 Å². The first kappa shape index (κ1) is 14.7. The van der Waals surface area contributed by atoms with Crippen molar-refractivity contribution >= 4 is 11.9 Å². The van der Waals surface area contributed by atoms with Gasteiger partial charge in [-0.3, -0.25) is 9.59 Å². The summed E-state index contributed by atoms with van der Waals surface area (Å²) in [5.74, 6) is -2.28. The van der Waals surface area contributed by atoms with Crippen LogP contribution >= 0.6 is 0 Å². The number of carbonyl (C=O) groups excluding carboxylic acids is 1. The van der Waals surface area contributed by atoms with E-state index in [-0.39, 0.29) is 5.91 Å². The van der Waals surface area contributed by atoms with Crippen LogP contribution in [0.15, 0.2) is 12.2 Å². The van der Waals surface area contributed by atoms with Gasteiger partial charge in [0.05, 0.1) is 17.9 Å². The fourth-order valence-electron chi connectivity index (χ4n) is 2.07. The van der Waals surface area contributed by atoms with E-state index in [2.05, 4.69) is 5.32 Å². The summed E-state index contributed by atoms with van der Waals surface area (Å²) in [7, 11) is 0. The van der Waals surface area contributed by atoms with Crippen molar-refractivity contribution in [2.45, 2.75) is 38.7 Å². The van der Waals surface area contributed by atoms with Crippen LogP contribution in [0.3, 0.4) is 0 Å². The molecule has 102 valence electrons. The van der Waals surface area contributed by atoms with Crippen molar-refractivity contribution in [1.29, 1.82) is 0 Å². The molecule has 5 heteroatoms. The quantitative estimate of drug-likeness (QED) is 0.616. The number of carboxylic acid groups (broad SMARTS) is 1. The molecule has 0 fully saturated rings. The summed E-state index contributed by atoms with van der Waals surface area (Å²) >= 11 is 0. The summed E-state index contributed by atoms with van der Waals surface area (Å²) in [6, 6.07) is 0. The van der Waals surface area contributed by atoms with Crippen LogP contribution in [0.5, 0.6) is 0 Å². The molecule has 0 heterocycles. The normalized spacial score (nSPS) is 24.6. The molecule has 0 aromatic carbocycles. The lowest BCUT2D eigenvalue weighted by molar-refractivity contribution is -0.147. The first-order chi connectivity index (χ1) is 8.56. The minimum atomic E-state index is -0.923. The van der Waals surface area contributed by atoms with Crippen LogP contribution in [0, 0.1) is 11.8 Å². The number of aliphatic carboxylic acids is 1. The maximum Gasteiger partial charge on any atom is 0.307 e. The van der Waals surface area contributed by atoms with Crippen LogP contribution in [0.1, 0.15) is 32.6 Å². The van der Waals surface area contributed by atoms with Gasteiger partial charge in [0.25, 0.3) is 0 Å². The van der Waals surface area contributed by atoms with Gasteiger partial charge in [-0.15, -0.1) is 0 Å². The third-order valence-electron chi connectivity index (χ3n) is 3.33. The van der Waals surface area contributed by atoms with Crippen molar-refractivity contribution in [3.8, 4) is 0 Å². The molecule has 0 saturated heterocycles. The fourth-order valence-corrected chi connectivity index (χ4v) is 2.07. The first-order valence-corrected chi connectivity index (χ1v) is 6.39. The topological polar surface area (TPSA) is 86.6 Å². The minimum Gasteiger partial charge on any atom is -0.481 e. The number of carboxylic acids is 1. The third kappa shape index (κ3) is 4.14. The van der Waals surface area contributed by atoms with Gasteiger partial charge in [-0.1, -0.05) is 19.1 Å². The number of amides is 1. The number of aliphatic hydroxyl groups is 1. The Morgan fingerprint density at radius 1 is 1.33 bits per heavy atom. The van der Waals surface area contributed by atoms with Crippen LogP contribution in [-0.2, 0) is 9.59 Å². The van der Waals surface area contributed by atoms with E-state index < -0.39 is 23.9 Å². The van der Waals surface area contributed by atoms with E-state index in [1.807, 2.05) is 19.1 Å². The Morgan fingerprint density at radius 2 is 1.94 bits per heavy atom. The standard InChI is InChI=1S/C13H21NO4/c1-2-9(15)7-8-14-12(16)10-5-3-4-6-11(10)13(17)18/h3-4,9-11,15H,2,5-8H2,1H3,(H,14,16)(H,17,18). The van der Waals surface area contributed by atoms with Crippen molar-refractivity contribution in [3.63, 3.8) is 0 Å². The molecule has 5 nitrogen and oxygen atoms in total. The van der Waals surface area contributed by atoms with Crippen LogP contribution in [0.4, 0.5) is 0 Å². The van der Waals surface area contributed by atoms with Gasteiger partial charge in [-0.2, -0.15) is 0 Å². The predicted molar refractivity (Wildman–Crippen MR) is 66.9 cm³/mol. The predicted octanol–water partition coefficient (Wildman–Crippen LogP) is 0.931. The number of hydrogen-bond acceptors (Lipinski definition) is 3. The molecule has 3 N–H and O–H groups in total. The average molecular weight is 255 g/mol. The third-order valence-corrected chi connectivity index (χ3v) is 3.33. The van der Waals surface area contributed by atoms with E-state index in [1.165, 1.54) is 0 Å². The molecule has 0 aromatic rings. The van der Waals surface area contributed by atoms with Gasteiger partial charge in [-0.05, 0) is 25.7 Å². The summed E-state index contributed by atoms with van der Waals surface area (Å²) in [5, 5.41) is 21.1. The van der Waals surface area contributed by atoms with Gasteiger partial charge in [0, 0.05) is 6.54 Å². The molecule has 0 bridgehead atoms. The molecule has 1 amide bonds. The van der Waals surface area contributed by atoms with Gasteiger partial charge < -0.3 is 15.5 Å². The maximum absolute atomic E-state index is 11.9. The van der Waals surface area contributed by atoms with Crippen LogP contribution in [0.2, 0.25) is 0 Å². The summed E-state index contributed by atoms with van der Waals surface area (Å²) in [5.41, 5.74) is 0. The summed E-state index contributed by atoms with van der Waals surface area (Å²) < 4.78 is 0. The molecule has 0 radical (unpaired) electrons. The molecule has 0 aromatic heterocycles. The Balaban J connectivity index is 2.44. The Kier molecular flexibility index (Phi) is 5.85. The van der Waals surface area contributed by atoms with Crippen LogP contribution in [-0.4, -0.2) is 34.7 Å². The Bertz CT molecular complexity index is 327. The van der Waals surface area contributed by atoms with Crippen molar-refractivity contribution in [2.75, 3.05) is 6.54 Å². The second-order valence-electron chi connectivity index (χ2n) is 4.64. The number of nitrogens with one attached hydrogen (secondary N) is 1. The molecule has 1 aliphatic carbocycles. The summed E-state index contributed by atoms with van der Waals surface area (Å²) in [4.78, 5) is 22.9. The monoisotopic (exact) mass is 255 g/mol. The number of hydrogen-bond donors (Lipinski definition) is 3. The molecular weight excluding hydrogens is 234 g/mol. The van der Waals surface area contributed by atoms with Gasteiger partial charge in [0.1, 0.15) is 0 Å². The number of carbonyl (C=O) groups is 2. The Morgan fingerprint density at radius 3 is 2.50 bits per heavy atom. The molecular formula is C13H21NO4. The van der Waals surface area contributed by atoms with Gasteiger partial charge in [-0.25, -0.2) is 0 Å². The highest BCUT2D eigenvalue weighted by Crippen LogP contribution is 2.25. The van der Waals surface area contributed by atoms with Crippen molar-refractivity contribution in [1.82, 2.24) is 5.32 Å². The highest BCUT2D eigenvalue weighted by atomic mass is 16.4. The average Bonchev–Trinajstić information content (AvgIpc) is 2.38. The van der Waals surface area contributed by atoms with Crippen LogP contribution in [0.25, 0.3) is 0 Å². The van der Waals surface area contributed by atoms with E-state index in [1.54, 1.807) is 0 Å². The summed E-state index contributed by atoms with van der Waals surface area (Å²) in [6.07, 6.45) is 5.28. The number of aliphatic hydroxyl groups excluding tert-OH is 1. The van der Waals surface area contributed by atoms with Crippen LogP contribution < -0.4 is 5.32 Å². The van der Waals surface area contributed by atoms with Gasteiger partial charge in [0.2, 0.25) is 5.91 Å². The molecule has 18 heavy (non-hydrogen) atoms. The lowest BCUT2D eigenvalue weighted by atomic mass is 9.82. The Hall–Kier alpha value is -1.36. The fraction of sp³-hybridized carbons (Fsp3) is 0.692. The lowest BCUT2D eigenvalue weighted by Gasteiger charge is -2.24. The zero-order valence-electron chi connectivity index (χ0n) is 10.6. The van der Waals surface area contributed by atoms with Crippen molar-refractivity contribution < 1.29 is 19.8 Å². The van der Waals surface area contributed by atoms with Gasteiger partial charge >= 0.3 is 5.97 Å². The van der Waals surface area contributed by atoms with Crippen molar-refractivity contribution in [3.05, 3.63) is 12.2 Å². The molecule has 0 spiro atoms. The zero-order chi connectivity index (χ0) is 13.5. The second-order valence-corrected chi connectivity index (χ2v) is 4.64. The van der Waals surface area contributed by atoms with E-state index in [0.29, 0.717) is 32.2 Å². The molecule has 3 atom stereocenters. The highest BCUT2D eigenvalue weighted by Gasteiger charge is 2.33. The molecule has 0 saturated carbocycles. The largest absolute Gasteiger partial charge is 0.481 e. The number of rotatable bonds is 6. The molecule has 0 aliphatic heterocycles. The smallest absolute Gasteiger partial charge is 0.307 e. The SMILES string of the molecule is CCC(O)CCNC(=O)C1CC=CCC1C(=O)O. The van der Waals surface area contributed by atoms with E-state index >= 15 is 0 Å². The second kappa shape index (κ2) is 7.16. The highest BCUT2D eigenvalue weighted by molar-refractivity contribution is 5.85. The molecule has 1 rings (SSSR count). The van der Waals surface area contributed by atoms with Crippen molar-refractivity contribution in [2.24, 2.45) is 11.8 Å². The first-order valence-electron chi connectivity index (χ1n) is 6.39. The Labute approximate surface area is 107 Å². The minimum absolute atomic E-state index is 0.227. The van der Waals surface area contributed by atoms with E-state index in [4.69, 9.17) is 5.11 Å². The molecule has 1 aliphatic rings. The zero-order valence-corrected chi connectivity index (χ0v) is 10.6. The molecule has 3 unspecified atom stereocenters. The maximum atomic E-state index is 11.9. The van der Waals surface area contributed by atoms with E-state index in [9.17, 15) is 14.7 Å². The number of allylic oxidation sites excluding steroid dienone is 2. The lowest BCUT2D eigenvalue weighted by Crippen LogP contribution is -2.39.